The van der Waals surface area contributed by atoms with E-state index in [1.54, 1.807) is 7.11 Å². The number of likely N-dealkylation sites (tertiary alicyclic amines) is 1. The van der Waals surface area contributed by atoms with Gasteiger partial charge in [0.25, 0.3) is 5.91 Å². The SMILES string of the molecule is COCCNC(=O)C1CCN(C(=O)c2c(C)nn(-c3ccccc3)c2-n2cccc2)CC1. The van der Waals surface area contributed by atoms with Gasteiger partial charge < -0.3 is 19.5 Å². The minimum absolute atomic E-state index is 0.0373. The van der Waals surface area contributed by atoms with Gasteiger partial charge in [0.2, 0.25) is 5.91 Å². The number of nitrogens with one attached hydrogen (secondary N) is 1. The Kier molecular flexibility index (Phi) is 6.70. The molecule has 3 aromatic rings. The molecule has 8 heteroatoms. The number of carbonyl (C=O) groups excluding carboxylic acids is 2. The summed E-state index contributed by atoms with van der Waals surface area (Å²) in [6, 6.07) is 13.7. The maximum atomic E-state index is 13.6. The van der Waals surface area contributed by atoms with Crippen LogP contribution in [0.25, 0.3) is 11.5 Å². The number of rotatable bonds is 7. The summed E-state index contributed by atoms with van der Waals surface area (Å²) < 4.78 is 8.73. The van der Waals surface area contributed by atoms with Crippen LogP contribution < -0.4 is 5.32 Å². The molecule has 1 N–H and O–H groups in total. The number of carbonyl (C=O) groups is 2. The molecule has 168 valence electrons. The van der Waals surface area contributed by atoms with Crippen molar-refractivity contribution in [3.05, 3.63) is 66.1 Å². The molecule has 4 rings (SSSR count). The first kappa shape index (κ1) is 21.8. The van der Waals surface area contributed by atoms with E-state index >= 15 is 0 Å². The molecular weight excluding hydrogens is 406 g/mol. The Labute approximate surface area is 187 Å². The maximum absolute atomic E-state index is 13.6. The summed E-state index contributed by atoms with van der Waals surface area (Å²) in [6.45, 7) is 3.96. The van der Waals surface area contributed by atoms with E-state index in [0.29, 0.717) is 50.3 Å². The van der Waals surface area contributed by atoms with Crippen molar-refractivity contribution in [1.29, 1.82) is 0 Å². The van der Waals surface area contributed by atoms with Crippen molar-refractivity contribution >= 4 is 11.8 Å². The molecule has 2 amide bonds. The average Bonchev–Trinajstić information content (AvgIpc) is 3.47. The van der Waals surface area contributed by atoms with Crippen LogP contribution in [0.5, 0.6) is 0 Å². The minimum atomic E-state index is -0.0760. The first-order valence-electron chi connectivity index (χ1n) is 10.9. The van der Waals surface area contributed by atoms with Crippen LogP contribution in [0.3, 0.4) is 0 Å². The monoisotopic (exact) mass is 435 g/mol. The summed E-state index contributed by atoms with van der Waals surface area (Å²) in [5.41, 5.74) is 2.17. The molecule has 1 aliphatic heterocycles. The Bertz CT molecular complexity index is 1050. The first-order chi connectivity index (χ1) is 15.6. The number of aryl methyl sites for hydroxylation is 1. The summed E-state index contributed by atoms with van der Waals surface area (Å²) >= 11 is 0. The summed E-state index contributed by atoms with van der Waals surface area (Å²) in [5.74, 6) is 0.637. The Balaban J connectivity index is 1.56. The summed E-state index contributed by atoms with van der Waals surface area (Å²) in [4.78, 5) is 27.8. The van der Waals surface area contributed by atoms with Crippen molar-refractivity contribution in [2.75, 3.05) is 33.4 Å². The number of hydrogen-bond acceptors (Lipinski definition) is 4. The van der Waals surface area contributed by atoms with E-state index in [0.717, 1.165) is 11.5 Å². The number of nitrogens with zero attached hydrogens (tertiary/aromatic N) is 4. The van der Waals surface area contributed by atoms with E-state index in [9.17, 15) is 9.59 Å². The Morgan fingerprint density at radius 3 is 2.44 bits per heavy atom. The highest BCUT2D eigenvalue weighted by atomic mass is 16.5. The average molecular weight is 436 g/mol. The van der Waals surface area contributed by atoms with Gasteiger partial charge in [0.15, 0.2) is 5.82 Å². The first-order valence-corrected chi connectivity index (χ1v) is 10.9. The van der Waals surface area contributed by atoms with Gasteiger partial charge in [0, 0.05) is 45.1 Å². The normalized spacial score (nSPS) is 14.5. The molecule has 32 heavy (non-hydrogen) atoms. The van der Waals surface area contributed by atoms with Gasteiger partial charge in [-0.15, -0.1) is 0 Å². The van der Waals surface area contributed by atoms with E-state index in [1.807, 2.05) is 75.9 Å². The quantitative estimate of drug-likeness (QED) is 0.579. The minimum Gasteiger partial charge on any atom is -0.383 e. The molecule has 0 spiro atoms. The molecule has 0 radical (unpaired) electrons. The van der Waals surface area contributed by atoms with Crippen LogP contribution in [0.4, 0.5) is 0 Å². The van der Waals surface area contributed by atoms with Crippen molar-refractivity contribution in [2.45, 2.75) is 19.8 Å². The van der Waals surface area contributed by atoms with Gasteiger partial charge in [-0.1, -0.05) is 18.2 Å². The van der Waals surface area contributed by atoms with Crippen LogP contribution in [-0.2, 0) is 9.53 Å². The van der Waals surface area contributed by atoms with E-state index in [4.69, 9.17) is 9.84 Å². The number of para-hydroxylation sites is 1. The van der Waals surface area contributed by atoms with Crippen molar-refractivity contribution in [1.82, 2.24) is 24.6 Å². The second-order valence-corrected chi connectivity index (χ2v) is 7.97. The lowest BCUT2D eigenvalue weighted by atomic mass is 9.95. The van der Waals surface area contributed by atoms with Gasteiger partial charge in [0.1, 0.15) is 5.56 Å². The highest BCUT2D eigenvalue weighted by Gasteiger charge is 2.31. The van der Waals surface area contributed by atoms with Crippen LogP contribution in [0.1, 0.15) is 28.9 Å². The van der Waals surface area contributed by atoms with Gasteiger partial charge in [-0.2, -0.15) is 5.10 Å². The molecule has 8 nitrogen and oxygen atoms in total. The topological polar surface area (TPSA) is 81.4 Å². The zero-order valence-electron chi connectivity index (χ0n) is 18.5. The molecule has 1 aliphatic rings. The molecule has 2 aromatic heterocycles. The number of aromatic nitrogens is 3. The number of piperidine rings is 1. The second kappa shape index (κ2) is 9.82. The molecule has 1 saturated heterocycles. The molecule has 0 saturated carbocycles. The third kappa shape index (κ3) is 4.45. The van der Waals surface area contributed by atoms with Gasteiger partial charge in [0.05, 0.1) is 18.0 Å². The molecule has 0 unspecified atom stereocenters. The van der Waals surface area contributed by atoms with Gasteiger partial charge >= 0.3 is 0 Å². The van der Waals surface area contributed by atoms with Crippen LogP contribution in [0.2, 0.25) is 0 Å². The van der Waals surface area contributed by atoms with Crippen LogP contribution in [0, 0.1) is 12.8 Å². The predicted molar refractivity (Wildman–Crippen MR) is 121 cm³/mol. The third-order valence-corrected chi connectivity index (χ3v) is 5.86. The van der Waals surface area contributed by atoms with Crippen molar-refractivity contribution in [2.24, 2.45) is 5.92 Å². The van der Waals surface area contributed by atoms with Gasteiger partial charge in [-0.3, -0.25) is 9.59 Å². The van der Waals surface area contributed by atoms with E-state index in [1.165, 1.54) is 0 Å². The van der Waals surface area contributed by atoms with Crippen molar-refractivity contribution < 1.29 is 14.3 Å². The van der Waals surface area contributed by atoms with Gasteiger partial charge in [-0.05, 0) is 44.0 Å². The molecule has 0 atom stereocenters. The predicted octanol–water partition coefficient (Wildman–Crippen LogP) is 2.59. The molecular formula is C24H29N5O3. The molecule has 1 fully saturated rings. The van der Waals surface area contributed by atoms with Crippen LogP contribution >= 0.6 is 0 Å². The van der Waals surface area contributed by atoms with Crippen molar-refractivity contribution in [3.8, 4) is 11.5 Å². The zero-order valence-corrected chi connectivity index (χ0v) is 18.5. The Morgan fingerprint density at radius 2 is 1.78 bits per heavy atom. The lowest BCUT2D eigenvalue weighted by molar-refractivity contribution is -0.126. The lowest BCUT2D eigenvalue weighted by Crippen LogP contribution is -2.43. The van der Waals surface area contributed by atoms with Crippen LogP contribution in [0.15, 0.2) is 54.9 Å². The fourth-order valence-electron chi connectivity index (χ4n) is 4.15. The van der Waals surface area contributed by atoms with E-state index < -0.39 is 0 Å². The van der Waals surface area contributed by atoms with Gasteiger partial charge in [-0.25, -0.2) is 4.68 Å². The Morgan fingerprint density at radius 1 is 1.09 bits per heavy atom. The number of ether oxygens (including phenoxy) is 1. The third-order valence-electron chi connectivity index (χ3n) is 5.86. The number of methoxy groups -OCH3 is 1. The zero-order chi connectivity index (χ0) is 22.5. The van der Waals surface area contributed by atoms with Crippen molar-refractivity contribution in [3.63, 3.8) is 0 Å². The van der Waals surface area contributed by atoms with E-state index in [2.05, 4.69) is 5.32 Å². The molecule has 3 heterocycles. The smallest absolute Gasteiger partial charge is 0.259 e. The number of hydrogen-bond donors (Lipinski definition) is 1. The fourth-order valence-corrected chi connectivity index (χ4v) is 4.15. The summed E-state index contributed by atoms with van der Waals surface area (Å²) in [7, 11) is 1.61. The molecule has 1 aromatic carbocycles. The van der Waals surface area contributed by atoms with E-state index in [-0.39, 0.29) is 17.7 Å². The maximum Gasteiger partial charge on any atom is 0.259 e. The highest BCUT2D eigenvalue weighted by molar-refractivity contribution is 5.99. The lowest BCUT2D eigenvalue weighted by Gasteiger charge is -2.31. The largest absolute Gasteiger partial charge is 0.383 e. The number of amides is 2. The highest BCUT2D eigenvalue weighted by Crippen LogP contribution is 2.26. The summed E-state index contributed by atoms with van der Waals surface area (Å²) in [5, 5.41) is 7.61. The fraction of sp³-hybridized carbons (Fsp3) is 0.375. The summed E-state index contributed by atoms with van der Waals surface area (Å²) in [6.07, 6.45) is 5.14. The Hall–Kier alpha value is -3.39. The standard InChI is InChI=1S/C24H29N5O3/c1-18-21(24(31)28-15-10-19(11-16-28)22(30)25-12-17-32-2)23(27-13-6-7-14-27)29(26-18)20-8-4-3-5-9-20/h3-9,13-14,19H,10-12,15-17H2,1-2H3,(H,25,30). The van der Waals surface area contributed by atoms with Crippen LogP contribution in [-0.4, -0.2) is 64.4 Å². The molecule has 0 bridgehead atoms. The molecule has 0 aliphatic carbocycles. The second-order valence-electron chi connectivity index (χ2n) is 7.97. The number of benzene rings is 1.